The number of H-pyrrole nitrogens is 1. The van der Waals surface area contributed by atoms with Gasteiger partial charge in [0.25, 0.3) is 5.91 Å². The minimum atomic E-state index is -0.261. The van der Waals surface area contributed by atoms with E-state index in [1.54, 1.807) is 23.3 Å². The molecule has 1 aromatic carbocycles. The van der Waals surface area contributed by atoms with Gasteiger partial charge < -0.3 is 5.32 Å². The van der Waals surface area contributed by atoms with Crippen molar-refractivity contribution < 1.29 is 4.79 Å². The Hall–Kier alpha value is -3.62. The fourth-order valence-corrected chi connectivity index (χ4v) is 2.49. The van der Waals surface area contributed by atoms with Gasteiger partial charge in [0.1, 0.15) is 12.0 Å². The molecule has 0 saturated carbocycles. The minimum absolute atomic E-state index is 0.261. The van der Waals surface area contributed by atoms with Crippen molar-refractivity contribution in [2.45, 2.75) is 13.1 Å². The number of benzene rings is 1. The lowest BCUT2D eigenvalue weighted by atomic mass is 10.2. The van der Waals surface area contributed by atoms with Gasteiger partial charge in [0, 0.05) is 23.3 Å². The summed E-state index contributed by atoms with van der Waals surface area (Å²) in [5.41, 5.74) is 2.77. The van der Waals surface area contributed by atoms with E-state index in [4.69, 9.17) is 0 Å². The first-order chi connectivity index (χ1) is 12.3. The molecule has 2 N–H and O–H groups in total. The highest BCUT2D eigenvalue weighted by Gasteiger charge is 2.14. The molecule has 3 aromatic heterocycles. The van der Waals surface area contributed by atoms with Gasteiger partial charge in [-0.25, -0.2) is 14.6 Å². The molecule has 3 heterocycles. The lowest BCUT2D eigenvalue weighted by Crippen LogP contribution is -2.23. The predicted molar refractivity (Wildman–Crippen MR) is 88.4 cm³/mol. The van der Waals surface area contributed by atoms with Crippen LogP contribution < -0.4 is 5.32 Å². The van der Waals surface area contributed by atoms with Gasteiger partial charge >= 0.3 is 0 Å². The third-order valence-corrected chi connectivity index (χ3v) is 3.66. The van der Waals surface area contributed by atoms with Crippen LogP contribution in [0.5, 0.6) is 0 Å². The van der Waals surface area contributed by atoms with Crippen molar-refractivity contribution >= 4 is 16.8 Å². The van der Waals surface area contributed by atoms with Gasteiger partial charge in [-0.1, -0.05) is 23.4 Å². The maximum absolute atomic E-state index is 12.3. The summed E-state index contributed by atoms with van der Waals surface area (Å²) in [7, 11) is 0. The molecule has 124 valence electrons. The molecule has 9 heteroatoms. The lowest BCUT2D eigenvalue weighted by molar-refractivity contribution is 0.0947. The summed E-state index contributed by atoms with van der Waals surface area (Å²) in [5, 5.41) is 18.6. The molecular formula is C16H14N8O. The quantitative estimate of drug-likeness (QED) is 0.561. The summed E-state index contributed by atoms with van der Waals surface area (Å²) in [6.45, 7) is 0.789. The van der Waals surface area contributed by atoms with Crippen molar-refractivity contribution in [1.82, 2.24) is 40.5 Å². The fraction of sp³-hybridized carbons (Fsp3) is 0.125. The molecule has 0 bridgehead atoms. The topological polar surface area (TPSA) is 114 Å². The number of amides is 1. The zero-order valence-electron chi connectivity index (χ0n) is 13.1. The molecule has 9 nitrogen and oxygen atoms in total. The van der Waals surface area contributed by atoms with Crippen LogP contribution >= 0.6 is 0 Å². The second kappa shape index (κ2) is 6.48. The van der Waals surface area contributed by atoms with E-state index in [9.17, 15) is 4.79 Å². The van der Waals surface area contributed by atoms with Gasteiger partial charge in [0.2, 0.25) is 0 Å². The van der Waals surface area contributed by atoms with E-state index in [1.165, 1.54) is 6.33 Å². The average Bonchev–Trinajstić information content (AvgIpc) is 3.27. The number of hydrogen-bond donors (Lipinski definition) is 2. The summed E-state index contributed by atoms with van der Waals surface area (Å²) >= 11 is 0. The highest BCUT2D eigenvalue weighted by Crippen LogP contribution is 2.14. The molecule has 1 amide bonds. The van der Waals surface area contributed by atoms with E-state index in [2.05, 4.69) is 35.8 Å². The fourth-order valence-electron chi connectivity index (χ4n) is 2.49. The van der Waals surface area contributed by atoms with Crippen LogP contribution in [-0.4, -0.2) is 41.1 Å². The van der Waals surface area contributed by atoms with Crippen LogP contribution in [0.1, 0.15) is 21.7 Å². The summed E-state index contributed by atoms with van der Waals surface area (Å²) in [6.07, 6.45) is 6.69. The van der Waals surface area contributed by atoms with E-state index in [1.807, 2.05) is 24.3 Å². The van der Waals surface area contributed by atoms with E-state index in [0.29, 0.717) is 17.9 Å². The molecule has 4 rings (SSSR count). The Morgan fingerprint density at radius 3 is 2.92 bits per heavy atom. The van der Waals surface area contributed by atoms with Crippen LogP contribution in [0.2, 0.25) is 0 Å². The van der Waals surface area contributed by atoms with Crippen LogP contribution in [0.4, 0.5) is 0 Å². The zero-order valence-corrected chi connectivity index (χ0v) is 13.1. The van der Waals surface area contributed by atoms with E-state index >= 15 is 0 Å². The van der Waals surface area contributed by atoms with Crippen molar-refractivity contribution in [2.75, 3.05) is 0 Å². The number of hydrogen-bond acceptors (Lipinski definition) is 6. The number of para-hydroxylation sites is 1. The SMILES string of the molecule is O=C(NCc1cn(Cc2cncnc2)nn1)c1n[nH]c2ccccc12. The molecule has 4 aromatic rings. The standard InChI is InChI=1S/C16H14N8O/c25-16(15-13-3-1-2-4-14(13)21-22-15)19-7-12-9-24(23-20-12)8-11-5-17-10-18-6-11/h1-6,9-10H,7-8H2,(H,19,25)(H,21,22). The van der Waals surface area contributed by atoms with Gasteiger partial charge in [0.15, 0.2) is 5.69 Å². The zero-order chi connectivity index (χ0) is 17.1. The van der Waals surface area contributed by atoms with Crippen LogP contribution in [0, 0.1) is 0 Å². The van der Waals surface area contributed by atoms with E-state index in [-0.39, 0.29) is 12.5 Å². The number of rotatable bonds is 5. The number of aromatic amines is 1. The smallest absolute Gasteiger partial charge is 0.272 e. The van der Waals surface area contributed by atoms with E-state index < -0.39 is 0 Å². The molecule has 0 aliphatic rings. The van der Waals surface area contributed by atoms with Crippen molar-refractivity contribution in [2.24, 2.45) is 0 Å². The summed E-state index contributed by atoms with van der Waals surface area (Å²) in [5.74, 6) is -0.261. The Bertz CT molecular complexity index is 1010. The third-order valence-electron chi connectivity index (χ3n) is 3.66. The van der Waals surface area contributed by atoms with Gasteiger partial charge in [-0.3, -0.25) is 9.89 Å². The number of carbonyl (C=O) groups is 1. The summed E-state index contributed by atoms with van der Waals surface area (Å²) in [4.78, 5) is 20.2. The third kappa shape index (κ3) is 3.20. The molecule has 0 aliphatic heterocycles. The highest BCUT2D eigenvalue weighted by atomic mass is 16.1. The van der Waals surface area contributed by atoms with Gasteiger partial charge in [0.05, 0.1) is 24.8 Å². The van der Waals surface area contributed by atoms with Gasteiger partial charge in [-0.2, -0.15) is 5.10 Å². The van der Waals surface area contributed by atoms with Crippen LogP contribution in [-0.2, 0) is 13.1 Å². The largest absolute Gasteiger partial charge is 0.345 e. The van der Waals surface area contributed by atoms with Crippen LogP contribution in [0.3, 0.4) is 0 Å². The summed E-state index contributed by atoms with van der Waals surface area (Å²) < 4.78 is 1.67. The Kier molecular flexibility index (Phi) is 3.87. The molecule has 0 fully saturated rings. The molecule has 0 spiro atoms. The highest BCUT2D eigenvalue weighted by molar-refractivity contribution is 6.04. The Balaban J connectivity index is 1.41. The number of aromatic nitrogens is 7. The van der Waals surface area contributed by atoms with Gasteiger partial charge in [-0.05, 0) is 6.07 Å². The molecule has 0 unspecified atom stereocenters. The number of nitrogens with zero attached hydrogens (tertiary/aromatic N) is 6. The molecule has 0 saturated heterocycles. The summed E-state index contributed by atoms with van der Waals surface area (Å²) in [6, 6.07) is 7.48. The first kappa shape index (κ1) is 14.9. The second-order valence-corrected chi connectivity index (χ2v) is 5.45. The maximum atomic E-state index is 12.3. The lowest BCUT2D eigenvalue weighted by Gasteiger charge is -2.00. The molecule has 0 radical (unpaired) electrons. The molecule has 0 aliphatic carbocycles. The Morgan fingerprint density at radius 1 is 1.20 bits per heavy atom. The number of nitrogens with one attached hydrogen (secondary N) is 2. The maximum Gasteiger partial charge on any atom is 0.272 e. The first-order valence-electron chi connectivity index (χ1n) is 7.64. The minimum Gasteiger partial charge on any atom is -0.345 e. The second-order valence-electron chi connectivity index (χ2n) is 5.45. The molecule has 0 atom stereocenters. The monoisotopic (exact) mass is 334 g/mol. The van der Waals surface area contributed by atoms with Gasteiger partial charge in [-0.15, -0.1) is 5.10 Å². The van der Waals surface area contributed by atoms with E-state index in [0.717, 1.165) is 16.5 Å². The number of carbonyl (C=O) groups excluding carboxylic acids is 1. The van der Waals surface area contributed by atoms with Crippen molar-refractivity contribution in [3.8, 4) is 0 Å². The Labute approximate surface area is 142 Å². The van der Waals surface area contributed by atoms with Crippen LogP contribution in [0.25, 0.3) is 10.9 Å². The molecular weight excluding hydrogens is 320 g/mol. The first-order valence-corrected chi connectivity index (χ1v) is 7.64. The number of fused-ring (bicyclic) bond motifs is 1. The van der Waals surface area contributed by atoms with Crippen molar-refractivity contribution in [1.29, 1.82) is 0 Å². The van der Waals surface area contributed by atoms with Crippen molar-refractivity contribution in [3.63, 3.8) is 0 Å². The average molecular weight is 334 g/mol. The molecule has 25 heavy (non-hydrogen) atoms. The predicted octanol–water partition coefficient (Wildman–Crippen LogP) is 0.923. The Morgan fingerprint density at radius 2 is 2.04 bits per heavy atom. The van der Waals surface area contributed by atoms with Crippen molar-refractivity contribution in [3.05, 3.63) is 66.1 Å². The normalized spacial score (nSPS) is 10.9. The van der Waals surface area contributed by atoms with Crippen LogP contribution in [0.15, 0.2) is 49.2 Å².